The molecule has 0 aliphatic heterocycles. The van der Waals surface area contributed by atoms with E-state index >= 15 is 0 Å². The van der Waals surface area contributed by atoms with Crippen molar-refractivity contribution >= 4 is 73.3 Å². The number of nitrogens with two attached hydrogens (primary N) is 1. The lowest BCUT2D eigenvalue weighted by molar-refractivity contribution is 1.47. The van der Waals surface area contributed by atoms with Crippen molar-refractivity contribution in [1.29, 1.82) is 5.41 Å². The Kier molecular flexibility index (Phi) is 5.33. The summed E-state index contributed by atoms with van der Waals surface area (Å²) in [6, 6.07) is 18.9. The Morgan fingerprint density at radius 2 is 1.73 bits per heavy atom. The second-order valence-electron chi connectivity index (χ2n) is 6.16. The van der Waals surface area contributed by atoms with Crippen molar-refractivity contribution in [1.82, 2.24) is 0 Å². The highest BCUT2D eigenvalue weighted by Gasteiger charge is 2.14. The van der Waals surface area contributed by atoms with Gasteiger partial charge in [0.1, 0.15) is 0 Å². The van der Waals surface area contributed by atoms with E-state index in [2.05, 4.69) is 49.4 Å². The monoisotopic (exact) mass is 400 g/mol. The highest BCUT2D eigenvalue weighted by atomic mass is 35.5. The first-order valence-electron chi connectivity index (χ1n) is 8.05. The minimum Gasteiger partial charge on any atom is -0.379 e. The molecule has 0 heterocycles. The van der Waals surface area contributed by atoms with E-state index in [9.17, 15) is 0 Å². The van der Waals surface area contributed by atoms with Crippen LogP contribution in [0, 0.1) is 12.3 Å². The summed E-state index contributed by atoms with van der Waals surface area (Å²) in [6.45, 7) is 2.16. The van der Waals surface area contributed by atoms with Gasteiger partial charge in [-0.05, 0) is 62.5 Å². The number of amidine groups is 1. The summed E-state index contributed by atoms with van der Waals surface area (Å²) < 4.78 is 0. The highest BCUT2D eigenvalue weighted by molar-refractivity contribution is 8.13. The zero-order chi connectivity index (χ0) is 17.6. The summed E-state index contributed by atoms with van der Waals surface area (Å²) in [5.74, 6) is 0.669. The number of aryl methyl sites for hydroxylation is 1. The summed E-state index contributed by atoms with van der Waals surface area (Å²) in [5.41, 5.74) is 8.04. The molecule has 0 saturated carbocycles. The summed E-state index contributed by atoms with van der Waals surface area (Å²) in [5, 5.41) is 15.7. The van der Waals surface area contributed by atoms with Gasteiger partial charge in [0, 0.05) is 10.8 Å². The Hall–Kier alpha value is -1.94. The van der Waals surface area contributed by atoms with Crippen LogP contribution in [0.1, 0.15) is 11.1 Å². The van der Waals surface area contributed by atoms with Gasteiger partial charge in [-0.15, -0.1) is 12.4 Å². The summed E-state index contributed by atoms with van der Waals surface area (Å²) in [4.78, 5) is 0. The summed E-state index contributed by atoms with van der Waals surface area (Å²) >= 11 is 7.64. The van der Waals surface area contributed by atoms with Crippen molar-refractivity contribution in [2.24, 2.45) is 5.73 Å². The van der Waals surface area contributed by atoms with Gasteiger partial charge in [0.2, 0.25) is 0 Å². The van der Waals surface area contributed by atoms with E-state index in [1.54, 1.807) is 0 Å². The van der Waals surface area contributed by atoms with Gasteiger partial charge in [0.25, 0.3) is 0 Å². The number of nitrogens with one attached hydrogen (secondary N) is 1. The molecule has 5 heteroatoms. The average molecular weight is 401 g/mol. The summed E-state index contributed by atoms with van der Waals surface area (Å²) in [7, 11) is 0. The smallest absolute Gasteiger partial charge is 0.151 e. The fourth-order valence-corrected chi connectivity index (χ4v) is 4.39. The molecule has 4 aromatic carbocycles. The lowest BCUT2D eigenvalue weighted by atomic mass is 9.90. The number of rotatable bonds is 2. The first kappa shape index (κ1) is 18.8. The van der Waals surface area contributed by atoms with Crippen LogP contribution in [0.25, 0.3) is 32.3 Å². The van der Waals surface area contributed by atoms with Gasteiger partial charge < -0.3 is 5.73 Å². The minimum absolute atomic E-state index is 0. The first-order chi connectivity index (χ1) is 12.1. The molecule has 3 N–H and O–H groups in total. The van der Waals surface area contributed by atoms with E-state index < -0.39 is 0 Å². The number of benzene rings is 4. The number of hydrogen-bond acceptors (Lipinski definition) is 2. The Morgan fingerprint density at radius 3 is 2.50 bits per heavy atom. The van der Waals surface area contributed by atoms with Crippen molar-refractivity contribution in [3.05, 3.63) is 70.7 Å². The third-order valence-corrected chi connectivity index (χ3v) is 5.69. The molecule has 26 heavy (non-hydrogen) atoms. The van der Waals surface area contributed by atoms with E-state index in [-0.39, 0.29) is 17.6 Å². The molecule has 0 atom stereocenters. The zero-order valence-corrected chi connectivity index (χ0v) is 16.6. The molecule has 0 aromatic heterocycles. The van der Waals surface area contributed by atoms with E-state index in [4.69, 9.17) is 22.7 Å². The average Bonchev–Trinajstić information content (AvgIpc) is 2.61. The van der Waals surface area contributed by atoms with Crippen molar-refractivity contribution in [3.63, 3.8) is 0 Å². The lowest BCUT2D eigenvalue weighted by Crippen LogP contribution is -2.04. The van der Waals surface area contributed by atoms with E-state index in [0.29, 0.717) is 5.75 Å². The molecular formula is C21H18Cl2N2S. The van der Waals surface area contributed by atoms with E-state index in [0.717, 1.165) is 10.4 Å². The van der Waals surface area contributed by atoms with Crippen molar-refractivity contribution in [3.8, 4) is 0 Å². The Morgan fingerprint density at radius 1 is 1.00 bits per heavy atom. The maximum Gasteiger partial charge on any atom is 0.151 e. The van der Waals surface area contributed by atoms with E-state index in [1.165, 1.54) is 49.8 Å². The van der Waals surface area contributed by atoms with Gasteiger partial charge in [-0.2, -0.15) is 0 Å². The van der Waals surface area contributed by atoms with E-state index in [1.807, 2.05) is 12.1 Å². The predicted molar refractivity (Wildman–Crippen MR) is 119 cm³/mol. The molecule has 0 aliphatic carbocycles. The molecule has 0 unspecified atom stereocenters. The molecule has 0 amide bonds. The minimum atomic E-state index is 0. The van der Waals surface area contributed by atoms with Crippen LogP contribution in [-0.2, 0) is 5.75 Å². The van der Waals surface area contributed by atoms with Crippen molar-refractivity contribution in [2.75, 3.05) is 0 Å². The number of halogens is 2. The Bertz CT molecular complexity index is 1160. The van der Waals surface area contributed by atoms with Gasteiger partial charge in [-0.25, -0.2) is 0 Å². The van der Waals surface area contributed by atoms with Crippen LogP contribution in [-0.4, -0.2) is 5.17 Å². The fourth-order valence-electron chi connectivity index (χ4n) is 3.60. The normalized spacial score (nSPS) is 11.0. The molecule has 0 radical (unpaired) electrons. The molecule has 0 aliphatic rings. The third kappa shape index (κ3) is 3.11. The highest BCUT2D eigenvalue weighted by Crippen LogP contribution is 2.39. The van der Waals surface area contributed by atoms with Gasteiger partial charge in [-0.3, -0.25) is 5.41 Å². The van der Waals surface area contributed by atoms with Crippen LogP contribution in [0.15, 0.2) is 54.6 Å². The van der Waals surface area contributed by atoms with Crippen LogP contribution in [0.5, 0.6) is 0 Å². The first-order valence-corrected chi connectivity index (χ1v) is 9.41. The second kappa shape index (κ2) is 7.36. The lowest BCUT2D eigenvalue weighted by Gasteiger charge is -2.16. The van der Waals surface area contributed by atoms with Gasteiger partial charge in [0.15, 0.2) is 5.17 Å². The molecule has 0 bridgehead atoms. The largest absolute Gasteiger partial charge is 0.379 e. The fraction of sp³-hybridized carbons (Fsp3) is 0.0952. The standard InChI is InChI=1S/C21H17ClN2S.ClH/c1-12-18-10-14(22)7-9-16(18)19(11-25-21(23)24)17-8-6-13-4-2-3-5-15(13)20(12)17;/h2-10H,11H2,1H3,(H3,23,24);1H. The predicted octanol–water partition coefficient (Wildman–Crippen LogP) is 6.66. The van der Waals surface area contributed by atoms with Crippen molar-refractivity contribution < 1.29 is 0 Å². The molecular weight excluding hydrogens is 383 g/mol. The molecule has 0 saturated heterocycles. The summed E-state index contributed by atoms with van der Waals surface area (Å²) in [6.07, 6.45) is 0. The molecule has 132 valence electrons. The van der Waals surface area contributed by atoms with Crippen LogP contribution in [0.2, 0.25) is 5.02 Å². The second-order valence-corrected chi connectivity index (χ2v) is 7.61. The van der Waals surface area contributed by atoms with Gasteiger partial charge >= 0.3 is 0 Å². The molecule has 4 rings (SSSR count). The molecule has 0 fully saturated rings. The van der Waals surface area contributed by atoms with Gasteiger partial charge in [0.05, 0.1) is 0 Å². The number of hydrogen-bond donors (Lipinski definition) is 2. The van der Waals surface area contributed by atoms with Crippen molar-refractivity contribution in [2.45, 2.75) is 12.7 Å². The van der Waals surface area contributed by atoms with Crippen LogP contribution in [0.4, 0.5) is 0 Å². The number of thioether (sulfide) groups is 1. The molecule has 4 aromatic rings. The Balaban J connectivity index is 0.00000196. The molecule has 0 spiro atoms. The maximum atomic E-state index is 7.59. The Labute approximate surface area is 167 Å². The maximum absolute atomic E-state index is 7.59. The van der Waals surface area contributed by atoms with Crippen LogP contribution in [0.3, 0.4) is 0 Å². The van der Waals surface area contributed by atoms with Crippen LogP contribution >= 0.6 is 35.8 Å². The zero-order valence-electron chi connectivity index (χ0n) is 14.2. The topological polar surface area (TPSA) is 49.9 Å². The third-order valence-electron chi connectivity index (χ3n) is 4.71. The molecule has 2 nitrogen and oxygen atoms in total. The quantitative estimate of drug-likeness (QED) is 0.171. The SMILES string of the molecule is Cc1c2cc(Cl)ccc2c(CSC(=N)N)c2ccc3ccccc3c12.Cl. The van der Waals surface area contributed by atoms with Gasteiger partial charge in [-0.1, -0.05) is 65.8 Å². The van der Waals surface area contributed by atoms with Crippen LogP contribution < -0.4 is 5.73 Å². The number of fused-ring (bicyclic) bond motifs is 4.